The number of carbonyl (C=O) groups is 1. The molecule has 0 amide bonds. The van der Waals surface area contributed by atoms with Crippen molar-refractivity contribution in [1.29, 1.82) is 0 Å². The molecular formula is C24H24N2O5S. The van der Waals surface area contributed by atoms with Gasteiger partial charge in [-0.3, -0.25) is 4.79 Å². The lowest BCUT2D eigenvalue weighted by Crippen LogP contribution is -2.36. The Bertz CT molecular complexity index is 1210. The SMILES string of the molecule is CNS(=O)(=O)c1ccc(-c2ccc(/C=C/C(=O)c3ccc(N4CCOCC4)cc3)o2)cc1. The number of carbonyl (C=O) groups excluding carboxylic acids is 1. The highest BCUT2D eigenvalue weighted by Gasteiger charge is 2.13. The smallest absolute Gasteiger partial charge is 0.240 e. The molecule has 0 spiro atoms. The van der Waals surface area contributed by atoms with Crippen LogP contribution in [0.3, 0.4) is 0 Å². The highest BCUT2D eigenvalue weighted by molar-refractivity contribution is 7.89. The third kappa shape index (κ3) is 4.99. The number of hydrogen-bond acceptors (Lipinski definition) is 6. The van der Waals surface area contributed by atoms with E-state index in [1.807, 2.05) is 24.3 Å². The fraction of sp³-hybridized carbons (Fsp3) is 0.208. The molecule has 32 heavy (non-hydrogen) atoms. The fourth-order valence-corrected chi connectivity index (χ4v) is 4.16. The Hall–Kier alpha value is -3.20. The van der Waals surface area contributed by atoms with Gasteiger partial charge in [0.25, 0.3) is 0 Å². The van der Waals surface area contributed by atoms with E-state index >= 15 is 0 Å². The van der Waals surface area contributed by atoms with Crippen molar-refractivity contribution in [2.75, 3.05) is 38.3 Å². The molecule has 4 rings (SSSR count). The van der Waals surface area contributed by atoms with Crippen LogP contribution in [0.1, 0.15) is 16.1 Å². The van der Waals surface area contributed by atoms with Crippen LogP contribution in [0.25, 0.3) is 17.4 Å². The number of nitrogens with one attached hydrogen (secondary N) is 1. The number of rotatable bonds is 7. The molecule has 2 heterocycles. The fourth-order valence-electron chi connectivity index (χ4n) is 3.43. The number of morpholine rings is 1. The van der Waals surface area contributed by atoms with E-state index in [1.165, 1.54) is 25.3 Å². The summed E-state index contributed by atoms with van der Waals surface area (Å²) < 4.78 is 37.1. The summed E-state index contributed by atoms with van der Waals surface area (Å²) in [6, 6.07) is 17.5. The van der Waals surface area contributed by atoms with Crippen molar-refractivity contribution in [2.24, 2.45) is 0 Å². The summed E-state index contributed by atoms with van der Waals surface area (Å²) in [5.41, 5.74) is 2.43. The van der Waals surface area contributed by atoms with E-state index in [0.717, 1.165) is 24.3 Å². The summed E-state index contributed by atoms with van der Waals surface area (Å²) in [5.74, 6) is 1.00. The second kappa shape index (κ2) is 9.52. The molecule has 0 atom stereocenters. The van der Waals surface area contributed by atoms with E-state index in [1.54, 1.807) is 30.3 Å². The maximum Gasteiger partial charge on any atom is 0.240 e. The van der Waals surface area contributed by atoms with Gasteiger partial charge in [0.2, 0.25) is 10.0 Å². The molecule has 1 fully saturated rings. The van der Waals surface area contributed by atoms with Crippen LogP contribution >= 0.6 is 0 Å². The zero-order valence-corrected chi connectivity index (χ0v) is 18.5. The molecule has 3 aromatic rings. The van der Waals surface area contributed by atoms with Gasteiger partial charge in [0, 0.05) is 29.9 Å². The molecule has 7 nitrogen and oxygen atoms in total. The minimum absolute atomic E-state index is 0.113. The van der Waals surface area contributed by atoms with Gasteiger partial charge in [-0.15, -0.1) is 0 Å². The molecular weight excluding hydrogens is 428 g/mol. The number of ether oxygens (including phenoxy) is 1. The van der Waals surface area contributed by atoms with Crippen molar-refractivity contribution in [3.63, 3.8) is 0 Å². The summed E-state index contributed by atoms with van der Waals surface area (Å²) in [5, 5.41) is 0. The molecule has 1 aromatic heterocycles. The first-order valence-electron chi connectivity index (χ1n) is 10.3. The van der Waals surface area contributed by atoms with Crippen molar-refractivity contribution < 1.29 is 22.4 Å². The number of allylic oxidation sites excluding steroid dienone is 1. The van der Waals surface area contributed by atoms with Crippen LogP contribution in [0.4, 0.5) is 5.69 Å². The first-order chi connectivity index (χ1) is 15.5. The van der Waals surface area contributed by atoms with Gasteiger partial charge in [-0.2, -0.15) is 0 Å². The largest absolute Gasteiger partial charge is 0.457 e. The zero-order chi connectivity index (χ0) is 22.6. The molecule has 8 heteroatoms. The number of ketones is 1. The van der Waals surface area contributed by atoms with Gasteiger partial charge in [0.05, 0.1) is 18.1 Å². The average Bonchev–Trinajstić information content (AvgIpc) is 3.32. The van der Waals surface area contributed by atoms with Crippen molar-refractivity contribution in [2.45, 2.75) is 4.90 Å². The Labute approximate surface area is 187 Å². The predicted molar refractivity (Wildman–Crippen MR) is 123 cm³/mol. The van der Waals surface area contributed by atoms with Crippen LogP contribution in [0.15, 0.2) is 76.1 Å². The van der Waals surface area contributed by atoms with Crippen molar-refractivity contribution in [1.82, 2.24) is 4.72 Å². The first kappa shape index (κ1) is 22.0. The van der Waals surface area contributed by atoms with Gasteiger partial charge in [-0.05, 0) is 79.9 Å². The molecule has 1 N–H and O–H groups in total. The monoisotopic (exact) mass is 452 g/mol. The topological polar surface area (TPSA) is 88.9 Å². The molecule has 166 valence electrons. The lowest BCUT2D eigenvalue weighted by molar-refractivity contribution is 0.104. The molecule has 0 saturated carbocycles. The summed E-state index contributed by atoms with van der Waals surface area (Å²) >= 11 is 0. The second-order valence-electron chi connectivity index (χ2n) is 7.28. The van der Waals surface area contributed by atoms with Gasteiger partial charge in [0.1, 0.15) is 11.5 Å². The number of hydrogen-bond donors (Lipinski definition) is 1. The number of furan rings is 1. The Morgan fingerprint density at radius 3 is 2.31 bits per heavy atom. The lowest BCUT2D eigenvalue weighted by atomic mass is 10.1. The average molecular weight is 453 g/mol. The van der Waals surface area contributed by atoms with Crippen LogP contribution in [0.2, 0.25) is 0 Å². The molecule has 0 aliphatic carbocycles. The van der Waals surface area contributed by atoms with E-state index in [9.17, 15) is 13.2 Å². The van der Waals surface area contributed by atoms with Crippen LogP contribution in [-0.4, -0.2) is 47.6 Å². The van der Waals surface area contributed by atoms with Crippen molar-refractivity contribution in [3.05, 3.63) is 78.1 Å². The van der Waals surface area contributed by atoms with E-state index in [4.69, 9.17) is 9.15 Å². The summed E-state index contributed by atoms with van der Waals surface area (Å²) in [6.45, 7) is 3.13. The van der Waals surface area contributed by atoms with E-state index in [-0.39, 0.29) is 10.7 Å². The summed E-state index contributed by atoms with van der Waals surface area (Å²) in [4.78, 5) is 14.9. The highest BCUT2D eigenvalue weighted by atomic mass is 32.2. The van der Waals surface area contributed by atoms with Crippen molar-refractivity contribution >= 4 is 27.6 Å². The maximum absolute atomic E-state index is 12.5. The Morgan fingerprint density at radius 1 is 0.969 bits per heavy atom. The molecule has 0 radical (unpaired) electrons. The Morgan fingerprint density at radius 2 is 1.66 bits per heavy atom. The summed E-state index contributed by atoms with van der Waals surface area (Å²) in [6.07, 6.45) is 3.11. The third-order valence-electron chi connectivity index (χ3n) is 5.27. The van der Waals surface area contributed by atoms with Gasteiger partial charge < -0.3 is 14.1 Å². The number of sulfonamides is 1. The predicted octanol–water partition coefficient (Wildman–Crippen LogP) is 3.59. The number of benzene rings is 2. The van der Waals surface area contributed by atoms with Crippen LogP contribution < -0.4 is 9.62 Å². The minimum atomic E-state index is -3.48. The number of nitrogens with zero attached hydrogens (tertiary/aromatic N) is 1. The third-order valence-corrected chi connectivity index (χ3v) is 6.70. The summed E-state index contributed by atoms with van der Waals surface area (Å²) in [7, 11) is -2.11. The quantitative estimate of drug-likeness (QED) is 0.435. The van der Waals surface area contributed by atoms with Gasteiger partial charge in [-0.25, -0.2) is 13.1 Å². The normalized spacial score (nSPS) is 14.7. The van der Waals surface area contributed by atoms with Crippen LogP contribution in [-0.2, 0) is 14.8 Å². The minimum Gasteiger partial charge on any atom is -0.457 e. The van der Waals surface area contributed by atoms with Crippen LogP contribution in [0.5, 0.6) is 0 Å². The molecule has 1 aliphatic heterocycles. The second-order valence-corrected chi connectivity index (χ2v) is 9.16. The molecule has 0 unspecified atom stereocenters. The van der Waals surface area contributed by atoms with E-state index in [0.29, 0.717) is 30.3 Å². The van der Waals surface area contributed by atoms with Gasteiger partial charge in [-0.1, -0.05) is 0 Å². The zero-order valence-electron chi connectivity index (χ0n) is 17.7. The Kier molecular flexibility index (Phi) is 6.55. The van der Waals surface area contributed by atoms with E-state index in [2.05, 4.69) is 9.62 Å². The van der Waals surface area contributed by atoms with E-state index < -0.39 is 10.0 Å². The lowest BCUT2D eigenvalue weighted by Gasteiger charge is -2.28. The molecule has 1 aliphatic rings. The Balaban J connectivity index is 1.41. The van der Waals surface area contributed by atoms with Crippen LogP contribution in [0, 0.1) is 0 Å². The molecule has 0 bridgehead atoms. The number of anilines is 1. The van der Waals surface area contributed by atoms with Gasteiger partial charge >= 0.3 is 0 Å². The standard InChI is InChI=1S/C24H24N2O5S/c1-25-32(28,29)22-10-4-19(5-11-22)24-13-9-21(31-24)8-12-23(27)18-2-6-20(7-3-18)26-14-16-30-17-15-26/h2-13,25H,14-17H2,1H3/b12-8+. The molecule has 1 saturated heterocycles. The van der Waals surface area contributed by atoms with Gasteiger partial charge in [0.15, 0.2) is 5.78 Å². The maximum atomic E-state index is 12.5. The molecule has 2 aromatic carbocycles. The van der Waals surface area contributed by atoms with Crippen molar-refractivity contribution in [3.8, 4) is 11.3 Å². The first-order valence-corrected chi connectivity index (χ1v) is 11.7. The highest BCUT2D eigenvalue weighted by Crippen LogP contribution is 2.24.